The van der Waals surface area contributed by atoms with Gasteiger partial charge in [0.05, 0.1) is 0 Å². The molecule has 0 heteroatoms. The molecule has 0 nitrogen and oxygen atoms in total. The van der Waals surface area contributed by atoms with Crippen molar-refractivity contribution in [3.8, 4) is 0 Å². The second kappa shape index (κ2) is 62.8. The van der Waals surface area contributed by atoms with E-state index in [1.165, 1.54) is 57.8 Å². The molecule has 45 heavy (non-hydrogen) atoms. The Labute approximate surface area is 297 Å². The molecule has 0 unspecified atom stereocenters. The Kier molecular flexibility index (Phi) is 93.8. The van der Waals surface area contributed by atoms with Gasteiger partial charge in [-0.25, -0.2) is 0 Å². The Hall–Kier alpha value is 0. The molecule has 0 aliphatic heterocycles. The number of rotatable bonds is 9. The maximum atomic E-state index is 2.22. The highest BCUT2D eigenvalue weighted by Gasteiger charge is 1.83. The van der Waals surface area contributed by atoms with E-state index in [0.717, 1.165) is 53.3 Å². The van der Waals surface area contributed by atoms with Crippen molar-refractivity contribution in [3.63, 3.8) is 0 Å². The van der Waals surface area contributed by atoms with Gasteiger partial charge in [-0.15, -0.1) is 0 Å². The van der Waals surface area contributed by atoms with E-state index in [9.17, 15) is 0 Å². The van der Waals surface area contributed by atoms with Crippen molar-refractivity contribution < 1.29 is 0 Å². The molecule has 0 aromatic carbocycles. The molecule has 288 valence electrons. The maximum absolute atomic E-state index is 2.22. The van der Waals surface area contributed by atoms with Gasteiger partial charge in [0.25, 0.3) is 0 Å². The normalized spacial score (nSPS) is 9.60. The van der Waals surface area contributed by atoms with Crippen LogP contribution in [0.1, 0.15) is 245 Å². The number of hydrogen-bond donors (Lipinski definition) is 0. The van der Waals surface area contributed by atoms with Gasteiger partial charge in [-0.3, -0.25) is 0 Å². The lowest BCUT2D eigenvalue weighted by molar-refractivity contribution is 0.626. The summed E-state index contributed by atoms with van der Waals surface area (Å²) in [7, 11) is 0. The van der Waals surface area contributed by atoms with E-state index in [4.69, 9.17) is 0 Å². The van der Waals surface area contributed by atoms with Crippen LogP contribution in [-0.2, 0) is 0 Å². The van der Waals surface area contributed by atoms with Gasteiger partial charge in [-0.2, -0.15) is 0 Å². The van der Waals surface area contributed by atoms with E-state index in [2.05, 4.69) is 187 Å². The SMILES string of the molecule is CCC(C)C.CCC(C)C.CCC(C)C.CCC(C)C.CCC(C)C.CCC(C)C.CCC(C)C.CCC(C)C.CCC(C)C. The summed E-state index contributed by atoms with van der Waals surface area (Å²) in [6.07, 6.45) is 11.8. The smallest absolute Gasteiger partial charge is 0.0474 e. The zero-order chi connectivity index (χ0) is 38.6. The molecule has 0 atom stereocenters. The Morgan fingerprint density at radius 1 is 0.156 bits per heavy atom. The predicted molar refractivity (Wildman–Crippen MR) is 226 cm³/mol. The molecule has 0 saturated carbocycles. The molecule has 0 aliphatic carbocycles. The van der Waals surface area contributed by atoms with E-state index in [1.54, 1.807) is 0 Å². The molecule has 0 aliphatic rings. The fourth-order valence-electron chi connectivity index (χ4n) is 0. The van der Waals surface area contributed by atoms with Crippen LogP contribution in [0.5, 0.6) is 0 Å². The van der Waals surface area contributed by atoms with E-state index in [1.807, 2.05) is 0 Å². The summed E-state index contributed by atoms with van der Waals surface area (Å²) in [6, 6.07) is 0. The van der Waals surface area contributed by atoms with Crippen LogP contribution >= 0.6 is 0 Å². The quantitative estimate of drug-likeness (QED) is 0.233. The highest BCUT2D eigenvalue weighted by Crippen LogP contribution is 1.97. The Morgan fingerprint density at radius 3 is 0.178 bits per heavy atom. The van der Waals surface area contributed by atoms with Gasteiger partial charge < -0.3 is 0 Å². The van der Waals surface area contributed by atoms with Gasteiger partial charge in [0.15, 0.2) is 0 Å². The lowest BCUT2D eigenvalue weighted by Crippen LogP contribution is -1.77. The first kappa shape index (κ1) is 67.2. The van der Waals surface area contributed by atoms with E-state index >= 15 is 0 Å². The molecular formula is C45H108. The third kappa shape index (κ3) is 240. The summed E-state index contributed by atoms with van der Waals surface area (Å²) in [5.74, 6) is 7.96. The number of hydrogen-bond acceptors (Lipinski definition) is 0. The molecule has 0 amide bonds. The minimum Gasteiger partial charge on any atom is -0.0651 e. The molecule has 0 fully saturated rings. The van der Waals surface area contributed by atoms with Crippen LogP contribution in [0.25, 0.3) is 0 Å². The minimum atomic E-state index is 0.884. The molecule has 0 rings (SSSR count). The topological polar surface area (TPSA) is 0 Å². The summed E-state index contributed by atoms with van der Waals surface area (Å²) in [5, 5.41) is 0. The van der Waals surface area contributed by atoms with Crippen LogP contribution in [0.15, 0.2) is 0 Å². The molecule has 0 bridgehead atoms. The van der Waals surface area contributed by atoms with Gasteiger partial charge in [-0.05, 0) is 53.3 Å². The first-order valence-corrected chi connectivity index (χ1v) is 20.4. The first-order chi connectivity index (χ1) is 20.4. The summed E-state index contributed by atoms with van der Waals surface area (Å²) in [6.45, 7) is 59.8. The van der Waals surface area contributed by atoms with Crippen molar-refractivity contribution >= 4 is 0 Å². The Balaban J connectivity index is -0.0000000463. The average Bonchev–Trinajstić information content (AvgIpc) is 2.99. The second-order valence-electron chi connectivity index (χ2n) is 16.2. The third-order valence-corrected chi connectivity index (χ3v) is 7.35. The minimum absolute atomic E-state index is 0.884. The van der Waals surface area contributed by atoms with Gasteiger partial charge >= 0.3 is 0 Å². The van der Waals surface area contributed by atoms with Crippen molar-refractivity contribution in [1.82, 2.24) is 0 Å². The predicted octanol–water partition coefficient (Wildman–Crippen LogP) is 18.5. The van der Waals surface area contributed by atoms with Crippen LogP contribution in [0, 0.1) is 53.3 Å². The van der Waals surface area contributed by atoms with Crippen LogP contribution < -0.4 is 0 Å². The summed E-state index contributed by atoms with van der Waals surface area (Å²) < 4.78 is 0. The highest BCUT2D eigenvalue weighted by atomic mass is 13.9. The first-order valence-electron chi connectivity index (χ1n) is 20.4. The lowest BCUT2D eigenvalue weighted by Gasteiger charge is -1.90. The van der Waals surface area contributed by atoms with E-state index in [-0.39, 0.29) is 0 Å². The van der Waals surface area contributed by atoms with Crippen LogP contribution in [-0.4, -0.2) is 0 Å². The van der Waals surface area contributed by atoms with Crippen molar-refractivity contribution in [2.24, 2.45) is 53.3 Å². The maximum Gasteiger partial charge on any atom is -0.0474 e. The van der Waals surface area contributed by atoms with Gasteiger partial charge in [-0.1, -0.05) is 245 Å². The largest absolute Gasteiger partial charge is 0.0651 e. The molecule has 0 aromatic heterocycles. The van der Waals surface area contributed by atoms with Crippen LogP contribution in [0.2, 0.25) is 0 Å². The Morgan fingerprint density at radius 2 is 0.178 bits per heavy atom. The summed E-state index contributed by atoms with van der Waals surface area (Å²) >= 11 is 0. The van der Waals surface area contributed by atoms with Crippen molar-refractivity contribution in [2.45, 2.75) is 245 Å². The highest BCUT2D eigenvalue weighted by molar-refractivity contribution is 4.36. The molecule has 0 saturated heterocycles. The zero-order valence-corrected chi connectivity index (χ0v) is 38.6. The Bertz CT molecular complexity index is 240. The molecular weight excluding hydrogens is 540 g/mol. The third-order valence-electron chi connectivity index (χ3n) is 7.35. The van der Waals surface area contributed by atoms with Gasteiger partial charge in [0, 0.05) is 0 Å². The van der Waals surface area contributed by atoms with Crippen molar-refractivity contribution in [3.05, 3.63) is 0 Å². The zero-order valence-electron chi connectivity index (χ0n) is 38.6. The van der Waals surface area contributed by atoms with E-state index < -0.39 is 0 Å². The average molecular weight is 649 g/mol. The molecule has 0 spiro atoms. The summed E-state index contributed by atoms with van der Waals surface area (Å²) in [5.41, 5.74) is 0. The van der Waals surface area contributed by atoms with E-state index in [0.29, 0.717) is 0 Å². The standard InChI is InChI=1S/9C5H12/c9*1-4-5(2)3/h9*5H,4H2,1-3H3. The lowest BCUT2D eigenvalue weighted by atomic mass is 10.2. The molecule has 0 radical (unpaired) electrons. The van der Waals surface area contributed by atoms with Crippen LogP contribution in [0.3, 0.4) is 0 Å². The van der Waals surface area contributed by atoms with Gasteiger partial charge in [0.1, 0.15) is 0 Å². The fourth-order valence-corrected chi connectivity index (χ4v) is 0. The second-order valence-corrected chi connectivity index (χ2v) is 16.2. The monoisotopic (exact) mass is 649 g/mol. The fraction of sp³-hybridized carbons (Fsp3) is 1.00. The molecule has 0 aromatic rings. The van der Waals surface area contributed by atoms with Crippen molar-refractivity contribution in [1.29, 1.82) is 0 Å². The van der Waals surface area contributed by atoms with Gasteiger partial charge in [0.2, 0.25) is 0 Å². The summed E-state index contributed by atoms with van der Waals surface area (Å²) in [4.78, 5) is 0. The molecule has 0 N–H and O–H groups in total. The van der Waals surface area contributed by atoms with Crippen LogP contribution in [0.4, 0.5) is 0 Å². The van der Waals surface area contributed by atoms with Crippen molar-refractivity contribution in [2.75, 3.05) is 0 Å². The molecule has 0 heterocycles.